The molecular weight excluding hydrogens is 235 g/mol. The second-order valence-electron chi connectivity index (χ2n) is 4.32. The first kappa shape index (κ1) is 12.8. The molecule has 2 N–H and O–H groups in total. The van der Waals surface area contributed by atoms with Crippen LogP contribution in [0.3, 0.4) is 0 Å². The van der Waals surface area contributed by atoms with E-state index in [1.165, 1.54) is 12.1 Å². The summed E-state index contributed by atoms with van der Waals surface area (Å²) in [6, 6.07) is 4.34. The Morgan fingerprint density at radius 2 is 2.39 bits per heavy atom. The molecule has 5 heteroatoms. The standard InChI is InChI=1S/C13H17FN2O2/c1-15-8-13(17)16-11-3-2-6-18-12-7-9(14)4-5-10(11)12/h4-5,7,11,15H,2-3,6,8H2,1H3,(H,16,17). The van der Waals surface area contributed by atoms with E-state index in [0.29, 0.717) is 12.4 Å². The Labute approximate surface area is 106 Å². The van der Waals surface area contributed by atoms with Crippen LogP contribution in [0, 0.1) is 5.82 Å². The fourth-order valence-corrected chi connectivity index (χ4v) is 2.10. The zero-order valence-electron chi connectivity index (χ0n) is 10.3. The lowest BCUT2D eigenvalue weighted by atomic mass is 10.0. The van der Waals surface area contributed by atoms with Gasteiger partial charge in [0.1, 0.15) is 11.6 Å². The minimum absolute atomic E-state index is 0.0697. The summed E-state index contributed by atoms with van der Waals surface area (Å²) in [6.07, 6.45) is 1.63. The number of ether oxygens (including phenoxy) is 1. The van der Waals surface area contributed by atoms with Crippen LogP contribution in [-0.4, -0.2) is 26.1 Å². The van der Waals surface area contributed by atoms with Gasteiger partial charge in [0.25, 0.3) is 0 Å². The third-order valence-electron chi connectivity index (χ3n) is 2.92. The monoisotopic (exact) mass is 252 g/mol. The summed E-state index contributed by atoms with van der Waals surface area (Å²) < 4.78 is 18.7. The summed E-state index contributed by atoms with van der Waals surface area (Å²) in [7, 11) is 1.72. The van der Waals surface area contributed by atoms with Gasteiger partial charge in [-0.05, 0) is 26.0 Å². The van der Waals surface area contributed by atoms with Crippen molar-refractivity contribution in [1.29, 1.82) is 0 Å². The number of hydrogen-bond donors (Lipinski definition) is 2. The van der Waals surface area contributed by atoms with E-state index in [4.69, 9.17) is 4.74 Å². The molecule has 1 unspecified atom stereocenters. The molecule has 0 spiro atoms. The SMILES string of the molecule is CNCC(=O)NC1CCCOc2cc(F)ccc21. The van der Waals surface area contributed by atoms with Crippen molar-refractivity contribution in [3.63, 3.8) is 0 Å². The van der Waals surface area contributed by atoms with E-state index in [9.17, 15) is 9.18 Å². The van der Waals surface area contributed by atoms with Gasteiger partial charge in [-0.25, -0.2) is 4.39 Å². The average molecular weight is 252 g/mol. The van der Waals surface area contributed by atoms with E-state index in [1.807, 2.05) is 0 Å². The third-order valence-corrected chi connectivity index (χ3v) is 2.92. The molecule has 2 rings (SSSR count). The predicted molar refractivity (Wildman–Crippen MR) is 65.9 cm³/mol. The number of hydrogen-bond acceptors (Lipinski definition) is 3. The van der Waals surface area contributed by atoms with Gasteiger partial charge >= 0.3 is 0 Å². The fraction of sp³-hybridized carbons (Fsp3) is 0.462. The lowest BCUT2D eigenvalue weighted by Gasteiger charge is -2.18. The molecule has 0 bridgehead atoms. The third kappa shape index (κ3) is 2.98. The Kier molecular flexibility index (Phi) is 4.15. The Bertz CT molecular complexity index is 437. The van der Waals surface area contributed by atoms with Gasteiger partial charge in [0, 0.05) is 11.6 Å². The molecule has 1 aliphatic heterocycles. The molecule has 0 fully saturated rings. The second-order valence-corrected chi connectivity index (χ2v) is 4.32. The first-order valence-electron chi connectivity index (χ1n) is 6.07. The van der Waals surface area contributed by atoms with Crippen LogP contribution in [0.1, 0.15) is 24.4 Å². The van der Waals surface area contributed by atoms with Crippen molar-refractivity contribution in [2.24, 2.45) is 0 Å². The van der Waals surface area contributed by atoms with Crippen molar-refractivity contribution in [3.05, 3.63) is 29.6 Å². The van der Waals surface area contributed by atoms with Gasteiger partial charge in [-0.15, -0.1) is 0 Å². The minimum Gasteiger partial charge on any atom is -0.493 e. The summed E-state index contributed by atoms with van der Waals surface area (Å²) in [4.78, 5) is 11.6. The predicted octanol–water partition coefficient (Wildman–Crippen LogP) is 1.37. The summed E-state index contributed by atoms with van der Waals surface area (Å²) in [6.45, 7) is 0.822. The van der Waals surface area contributed by atoms with Crippen LogP contribution in [0.15, 0.2) is 18.2 Å². The summed E-state index contributed by atoms with van der Waals surface area (Å²) >= 11 is 0. The number of rotatable bonds is 3. The molecule has 1 aliphatic rings. The zero-order chi connectivity index (χ0) is 13.0. The lowest BCUT2D eigenvalue weighted by Crippen LogP contribution is -2.34. The highest BCUT2D eigenvalue weighted by Crippen LogP contribution is 2.31. The number of likely N-dealkylation sites (N-methyl/N-ethyl adjacent to an activating group) is 1. The Morgan fingerprint density at radius 1 is 1.56 bits per heavy atom. The minimum atomic E-state index is -0.323. The molecule has 98 valence electrons. The fourth-order valence-electron chi connectivity index (χ4n) is 2.10. The molecule has 0 aliphatic carbocycles. The maximum absolute atomic E-state index is 13.2. The van der Waals surface area contributed by atoms with Crippen LogP contribution in [0.4, 0.5) is 4.39 Å². The van der Waals surface area contributed by atoms with Crippen molar-refractivity contribution in [2.75, 3.05) is 20.2 Å². The number of carbonyl (C=O) groups is 1. The highest BCUT2D eigenvalue weighted by molar-refractivity contribution is 5.78. The van der Waals surface area contributed by atoms with Crippen molar-refractivity contribution in [2.45, 2.75) is 18.9 Å². The molecule has 1 aromatic rings. The molecule has 0 saturated carbocycles. The van der Waals surface area contributed by atoms with E-state index in [0.717, 1.165) is 18.4 Å². The molecule has 0 radical (unpaired) electrons. The van der Waals surface area contributed by atoms with Gasteiger partial charge in [-0.1, -0.05) is 6.07 Å². The number of halogens is 1. The molecule has 0 saturated heterocycles. The number of nitrogens with one attached hydrogen (secondary N) is 2. The molecule has 1 amide bonds. The van der Waals surface area contributed by atoms with Crippen LogP contribution < -0.4 is 15.4 Å². The van der Waals surface area contributed by atoms with Gasteiger partial charge in [0.2, 0.25) is 5.91 Å². The zero-order valence-corrected chi connectivity index (χ0v) is 10.3. The molecule has 1 aromatic carbocycles. The Hall–Kier alpha value is -1.62. The van der Waals surface area contributed by atoms with Crippen molar-refractivity contribution >= 4 is 5.91 Å². The molecule has 18 heavy (non-hydrogen) atoms. The van der Waals surface area contributed by atoms with Crippen molar-refractivity contribution < 1.29 is 13.9 Å². The highest BCUT2D eigenvalue weighted by atomic mass is 19.1. The van der Waals surface area contributed by atoms with E-state index in [2.05, 4.69) is 10.6 Å². The van der Waals surface area contributed by atoms with Gasteiger partial charge < -0.3 is 15.4 Å². The van der Waals surface area contributed by atoms with E-state index < -0.39 is 0 Å². The maximum Gasteiger partial charge on any atom is 0.234 e. The molecule has 4 nitrogen and oxygen atoms in total. The molecule has 1 atom stereocenters. The van der Waals surface area contributed by atoms with Gasteiger partial charge in [-0.2, -0.15) is 0 Å². The smallest absolute Gasteiger partial charge is 0.234 e. The Balaban J connectivity index is 2.19. The molecule has 1 heterocycles. The summed E-state index contributed by atoms with van der Waals surface area (Å²) in [5.74, 6) is 0.137. The van der Waals surface area contributed by atoms with Crippen LogP contribution in [0.5, 0.6) is 5.75 Å². The second kappa shape index (κ2) is 5.82. The van der Waals surface area contributed by atoms with Crippen LogP contribution in [-0.2, 0) is 4.79 Å². The van der Waals surface area contributed by atoms with Crippen molar-refractivity contribution in [3.8, 4) is 5.75 Å². The lowest BCUT2D eigenvalue weighted by molar-refractivity contribution is -0.120. The highest BCUT2D eigenvalue weighted by Gasteiger charge is 2.21. The number of benzene rings is 1. The van der Waals surface area contributed by atoms with Crippen molar-refractivity contribution in [1.82, 2.24) is 10.6 Å². The Morgan fingerprint density at radius 3 is 3.17 bits per heavy atom. The van der Waals surface area contributed by atoms with E-state index in [1.54, 1.807) is 13.1 Å². The number of fused-ring (bicyclic) bond motifs is 1. The van der Waals surface area contributed by atoms with E-state index in [-0.39, 0.29) is 24.3 Å². The topological polar surface area (TPSA) is 50.4 Å². The van der Waals surface area contributed by atoms with Gasteiger partial charge in [-0.3, -0.25) is 4.79 Å². The van der Waals surface area contributed by atoms with Crippen LogP contribution >= 0.6 is 0 Å². The largest absolute Gasteiger partial charge is 0.493 e. The maximum atomic E-state index is 13.2. The van der Waals surface area contributed by atoms with Crippen LogP contribution in [0.2, 0.25) is 0 Å². The summed E-state index contributed by atoms with van der Waals surface area (Å²) in [5.41, 5.74) is 0.846. The van der Waals surface area contributed by atoms with Gasteiger partial charge in [0.15, 0.2) is 0 Å². The van der Waals surface area contributed by atoms with Crippen LogP contribution in [0.25, 0.3) is 0 Å². The van der Waals surface area contributed by atoms with Gasteiger partial charge in [0.05, 0.1) is 19.2 Å². The molecular formula is C13H17FN2O2. The molecule has 0 aromatic heterocycles. The van der Waals surface area contributed by atoms with E-state index >= 15 is 0 Å². The quantitative estimate of drug-likeness (QED) is 0.854. The number of amides is 1. The average Bonchev–Trinajstić information content (AvgIpc) is 2.52. The first-order valence-corrected chi connectivity index (χ1v) is 6.07. The normalized spacial score (nSPS) is 18.4. The summed E-state index contributed by atoms with van der Waals surface area (Å²) in [5, 5.41) is 5.73. The first-order chi connectivity index (χ1) is 8.70. The number of carbonyl (C=O) groups excluding carboxylic acids is 1.